The predicted octanol–water partition coefficient (Wildman–Crippen LogP) is 1.25. The van der Waals surface area contributed by atoms with Crippen molar-refractivity contribution in [2.75, 3.05) is 50.4 Å². The van der Waals surface area contributed by atoms with E-state index in [0.29, 0.717) is 38.0 Å². The Kier molecular flexibility index (Phi) is 8.89. The summed E-state index contributed by atoms with van der Waals surface area (Å²) in [7, 11) is -3.13. The molecule has 164 valence electrons. The number of hydrogen-bond donors (Lipinski definition) is 2. The van der Waals surface area contributed by atoms with E-state index in [0.717, 1.165) is 25.9 Å². The normalized spacial score (nSPS) is 23.1. The van der Waals surface area contributed by atoms with Gasteiger partial charge in [-0.2, -0.15) is 0 Å². The van der Waals surface area contributed by atoms with Crippen LogP contribution in [0, 0.1) is 11.7 Å². The van der Waals surface area contributed by atoms with E-state index >= 15 is 0 Å². The van der Waals surface area contributed by atoms with E-state index in [1.807, 2.05) is 11.8 Å². The second-order valence-corrected chi connectivity index (χ2v) is 9.36. The number of sulfonamides is 1. The minimum atomic E-state index is -3.13. The number of aliphatic imine (C=N–C) groups is 1. The lowest BCUT2D eigenvalue weighted by Crippen LogP contribution is -2.45. The molecule has 0 spiro atoms. The first-order valence-electron chi connectivity index (χ1n) is 9.72. The van der Waals surface area contributed by atoms with Gasteiger partial charge >= 0.3 is 0 Å². The SMILES string of the molecule is CCNC(=NCC1CCN(S(C)(=O)=O)C1)NC1CCN(c2ncccc2F)C1.I. The van der Waals surface area contributed by atoms with E-state index in [2.05, 4.69) is 20.6 Å². The van der Waals surface area contributed by atoms with E-state index in [1.165, 1.54) is 16.6 Å². The molecular weight excluding hydrogens is 510 g/mol. The zero-order valence-corrected chi connectivity index (χ0v) is 20.0. The van der Waals surface area contributed by atoms with Crippen molar-refractivity contribution < 1.29 is 12.8 Å². The van der Waals surface area contributed by atoms with Crippen molar-refractivity contribution in [2.45, 2.75) is 25.8 Å². The minimum Gasteiger partial charge on any atom is -0.357 e. The number of pyridine rings is 1. The van der Waals surface area contributed by atoms with Gasteiger partial charge in [-0.3, -0.25) is 4.99 Å². The third-order valence-corrected chi connectivity index (χ3v) is 6.41. The first kappa shape index (κ1) is 24.1. The van der Waals surface area contributed by atoms with Gasteiger partial charge in [-0.15, -0.1) is 24.0 Å². The van der Waals surface area contributed by atoms with Crippen LogP contribution in [0.4, 0.5) is 10.2 Å². The lowest BCUT2D eigenvalue weighted by molar-refractivity contribution is 0.463. The molecule has 11 heteroatoms. The van der Waals surface area contributed by atoms with E-state index in [1.54, 1.807) is 12.3 Å². The Bertz CT molecular complexity index is 809. The molecule has 2 saturated heterocycles. The topological polar surface area (TPSA) is 89.9 Å². The second-order valence-electron chi connectivity index (χ2n) is 7.38. The summed E-state index contributed by atoms with van der Waals surface area (Å²) in [6.45, 7) is 5.79. The number of rotatable bonds is 6. The molecule has 0 saturated carbocycles. The van der Waals surface area contributed by atoms with Gasteiger partial charge in [0, 0.05) is 51.5 Å². The zero-order valence-electron chi connectivity index (χ0n) is 16.8. The van der Waals surface area contributed by atoms with Gasteiger partial charge < -0.3 is 15.5 Å². The Labute approximate surface area is 189 Å². The quantitative estimate of drug-likeness (QED) is 0.321. The van der Waals surface area contributed by atoms with Gasteiger partial charge in [-0.25, -0.2) is 22.1 Å². The summed E-state index contributed by atoms with van der Waals surface area (Å²) in [5.41, 5.74) is 0. The minimum absolute atomic E-state index is 0. The fourth-order valence-electron chi connectivity index (χ4n) is 3.66. The molecule has 0 aromatic carbocycles. The fraction of sp³-hybridized carbons (Fsp3) is 0.667. The molecule has 3 heterocycles. The third-order valence-electron chi connectivity index (χ3n) is 5.14. The van der Waals surface area contributed by atoms with Crippen LogP contribution >= 0.6 is 24.0 Å². The summed E-state index contributed by atoms with van der Waals surface area (Å²) in [4.78, 5) is 10.7. The highest BCUT2D eigenvalue weighted by Gasteiger charge is 2.29. The van der Waals surface area contributed by atoms with Crippen LogP contribution in [-0.2, 0) is 10.0 Å². The third kappa shape index (κ3) is 6.64. The van der Waals surface area contributed by atoms with E-state index in [9.17, 15) is 12.8 Å². The smallest absolute Gasteiger partial charge is 0.211 e. The van der Waals surface area contributed by atoms with Crippen molar-refractivity contribution in [1.29, 1.82) is 0 Å². The highest BCUT2D eigenvalue weighted by molar-refractivity contribution is 14.0. The molecule has 2 aliphatic heterocycles. The van der Waals surface area contributed by atoms with Crippen LogP contribution in [0.1, 0.15) is 19.8 Å². The number of aromatic nitrogens is 1. The van der Waals surface area contributed by atoms with E-state index in [4.69, 9.17) is 0 Å². The molecule has 1 aromatic rings. The van der Waals surface area contributed by atoms with E-state index < -0.39 is 10.0 Å². The standard InChI is InChI=1S/C18H29FN6O2S.HI/c1-3-20-18(22-11-14-6-10-25(12-14)28(2,26)27)23-15-7-9-24(13-15)17-16(19)5-4-8-21-17;/h4-5,8,14-15H,3,6-7,9-13H2,1-2H3,(H2,20,22,23);1H. The molecule has 2 atom stereocenters. The molecule has 3 rings (SSSR count). The first-order valence-corrected chi connectivity index (χ1v) is 11.6. The second kappa shape index (κ2) is 10.7. The van der Waals surface area contributed by atoms with Crippen LogP contribution in [0.3, 0.4) is 0 Å². The monoisotopic (exact) mass is 540 g/mol. The van der Waals surface area contributed by atoms with Crippen molar-refractivity contribution >= 4 is 45.8 Å². The summed E-state index contributed by atoms with van der Waals surface area (Å²) in [5, 5.41) is 6.66. The Morgan fingerprint density at radius 2 is 2.14 bits per heavy atom. The Morgan fingerprint density at radius 1 is 1.34 bits per heavy atom. The molecule has 2 N–H and O–H groups in total. The summed E-state index contributed by atoms with van der Waals surface area (Å²) in [6.07, 6.45) is 4.55. The van der Waals surface area contributed by atoms with Gasteiger partial charge in [0.25, 0.3) is 0 Å². The maximum Gasteiger partial charge on any atom is 0.211 e. The molecule has 29 heavy (non-hydrogen) atoms. The van der Waals surface area contributed by atoms with Crippen LogP contribution in [0.15, 0.2) is 23.3 Å². The van der Waals surface area contributed by atoms with Crippen molar-refractivity contribution in [3.8, 4) is 0 Å². The number of nitrogens with zero attached hydrogens (tertiary/aromatic N) is 4. The number of halogens is 2. The molecule has 0 bridgehead atoms. The number of guanidine groups is 1. The van der Waals surface area contributed by atoms with Crippen molar-refractivity contribution in [1.82, 2.24) is 19.9 Å². The summed E-state index contributed by atoms with van der Waals surface area (Å²) in [5.74, 6) is 1.03. The average Bonchev–Trinajstić information content (AvgIpc) is 3.29. The largest absolute Gasteiger partial charge is 0.357 e. The Hall–Kier alpha value is -1.21. The highest BCUT2D eigenvalue weighted by Crippen LogP contribution is 2.21. The molecule has 0 aliphatic carbocycles. The van der Waals surface area contributed by atoms with Gasteiger partial charge in [-0.05, 0) is 37.8 Å². The maximum atomic E-state index is 14.0. The first-order chi connectivity index (χ1) is 13.4. The number of nitrogens with one attached hydrogen (secondary N) is 2. The molecule has 2 aliphatic rings. The molecular formula is C18H30FIN6O2S. The molecule has 0 radical (unpaired) electrons. The van der Waals surface area contributed by atoms with Crippen LogP contribution < -0.4 is 15.5 Å². The molecule has 8 nitrogen and oxygen atoms in total. The Balaban J connectivity index is 0.00000300. The van der Waals surface area contributed by atoms with Gasteiger partial charge in [0.1, 0.15) is 0 Å². The van der Waals surface area contributed by atoms with Crippen LogP contribution in [0.25, 0.3) is 0 Å². The molecule has 2 unspecified atom stereocenters. The summed E-state index contributed by atoms with van der Waals surface area (Å²) < 4.78 is 38.8. The molecule has 2 fully saturated rings. The van der Waals surface area contributed by atoms with Gasteiger partial charge in [0.2, 0.25) is 10.0 Å². The predicted molar refractivity (Wildman–Crippen MR) is 124 cm³/mol. The van der Waals surface area contributed by atoms with E-state index in [-0.39, 0.29) is 41.8 Å². The number of anilines is 1. The van der Waals surface area contributed by atoms with Gasteiger partial charge in [-0.1, -0.05) is 0 Å². The van der Waals surface area contributed by atoms with Gasteiger partial charge in [0.15, 0.2) is 17.6 Å². The summed E-state index contributed by atoms with van der Waals surface area (Å²) >= 11 is 0. The van der Waals surface area contributed by atoms with Crippen LogP contribution in [-0.4, -0.2) is 75.2 Å². The average molecular weight is 540 g/mol. The highest BCUT2D eigenvalue weighted by atomic mass is 127. The molecule has 0 amide bonds. The van der Waals surface area contributed by atoms with Crippen molar-refractivity contribution in [3.05, 3.63) is 24.1 Å². The summed E-state index contributed by atoms with van der Waals surface area (Å²) in [6, 6.07) is 3.17. The lowest BCUT2D eigenvalue weighted by Gasteiger charge is -2.20. The van der Waals surface area contributed by atoms with Crippen molar-refractivity contribution in [3.63, 3.8) is 0 Å². The zero-order chi connectivity index (χ0) is 20.1. The maximum absolute atomic E-state index is 14.0. The Morgan fingerprint density at radius 3 is 2.79 bits per heavy atom. The van der Waals surface area contributed by atoms with Gasteiger partial charge in [0.05, 0.1) is 6.26 Å². The fourth-order valence-corrected chi connectivity index (χ4v) is 4.58. The van der Waals surface area contributed by atoms with Crippen LogP contribution in [0.5, 0.6) is 0 Å². The molecule has 1 aromatic heterocycles. The van der Waals surface area contributed by atoms with Crippen molar-refractivity contribution in [2.24, 2.45) is 10.9 Å². The number of hydrogen-bond acceptors (Lipinski definition) is 5. The lowest BCUT2D eigenvalue weighted by atomic mass is 10.1. The van der Waals surface area contributed by atoms with Crippen LogP contribution in [0.2, 0.25) is 0 Å².